The molecule has 0 fully saturated rings. The summed E-state index contributed by atoms with van der Waals surface area (Å²) < 4.78 is 5.86. The van der Waals surface area contributed by atoms with Crippen molar-refractivity contribution in [2.75, 3.05) is 5.32 Å². The molecule has 1 N–H and O–H groups in total. The van der Waals surface area contributed by atoms with Crippen LogP contribution in [0.3, 0.4) is 0 Å². The third kappa shape index (κ3) is 3.86. The number of carbonyl (C=O) groups excluding carboxylic acids is 2. The van der Waals surface area contributed by atoms with Gasteiger partial charge in [0, 0.05) is 16.6 Å². The van der Waals surface area contributed by atoms with Crippen LogP contribution < -0.4 is 10.1 Å². The maximum atomic E-state index is 12.4. The van der Waals surface area contributed by atoms with E-state index in [9.17, 15) is 9.59 Å². The highest BCUT2D eigenvalue weighted by Crippen LogP contribution is 2.26. The molecule has 0 saturated carbocycles. The summed E-state index contributed by atoms with van der Waals surface area (Å²) in [7, 11) is 0. The van der Waals surface area contributed by atoms with Crippen molar-refractivity contribution in [2.24, 2.45) is 0 Å². The molecule has 25 heavy (non-hydrogen) atoms. The zero-order chi connectivity index (χ0) is 17.8. The summed E-state index contributed by atoms with van der Waals surface area (Å²) in [4.78, 5) is 23.9. The predicted octanol–water partition coefficient (Wildman–Crippen LogP) is 4.45. The molecular weight excluding hydrogens is 314 g/mol. The zero-order valence-electron chi connectivity index (χ0n) is 14.2. The highest BCUT2D eigenvalue weighted by Gasteiger charge is 2.16. The van der Waals surface area contributed by atoms with Gasteiger partial charge < -0.3 is 10.1 Å². The van der Waals surface area contributed by atoms with Crippen LogP contribution in [0.2, 0.25) is 0 Å². The normalized spacial score (nSPS) is 11.8. The molecule has 0 aliphatic rings. The Bertz CT molecular complexity index is 928. The van der Waals surface area contributed by atoms with Crippen molar-refractivity contribution in [1.29, 1.82) is 0 Å². The maximum Gasteiger partial charge on any atom is 0.265 e. The van der Waals surface area contributed by atoms with Gasteiger partial charge in [0.05, 0.1) is 0 Å². The number of hydrogen-bond acceptors (Lipinski definition) is 3. The van der Waals surface area contributed by atoms with Crippen molar-refractivity contribution in [3.8, 4) is 5.75 Å². The minimum Gasteiger partial charge on any atom is -0.480 e. The van der Waals surface area contributed by atoms with Crippen molar-refractivity contribution >= 4 is 28.2 Å². The van der Waals surface area contributed by atoms with E-state index in [0.29, 0.717) is 17.0 Å². The second-order valence-corrected chi connectivity index (χ2v) is 5.86. The average Bonchev–Trinajstić information content (AvgIpc) is 2.62. The van der Waals surface area contributed by atoms with Crippen molar-refractivity contribution in [1.82, 2.24) is 0 Å². The average molecular weight is 333 g/mol. The molecule has 0 saturated heterocycles. The lowest BCUT2D eigenvalue weighted by atomic mass is 10.1. The summed E-state index contributed by atoms with van der Waals surface area (Å²) in [5.41, 5.74) is 1.13. The van der Waals surface area contributed by atoms with Crippen LogP contribution in [-0.4, -0.2) is 17.8 Å². The molecule has 0 spiro atoms. The second kappa shape index (κ2) is 7.18. The summed E-state index contributed by atoms with van der Waals surface area (Å²) in [5, 5.41) is 4.81. The first-order chi connectivity index (χ1) is 12.0. The molecule has 126 valence electrons. The summed E-state index contributed by atoms with van der Waals surface area (Å²) in [6, 6.07) is 20.5. The largest absolute Gasteiger partial charge is 0.480 e. The van der Waals surface area contributed by atoms with Crippen LogP contribution in [0.15, 0.2) is 66.7 Å². The third-order valence-corrected chi connectivity index (χ3v) is 3.96. The van der Waals surface area contributed by atoms with Crippen LogP contribution >= 0.6 is 0 Å². The molecule has 0 aliphatic heterocycles. The number of rotatable bonds is 5. The van der Waals surface area contributed by atoms with E-state index >= 15 is 0 Å². The van der Waals surface area contributed by atoms with Crippen LogP contribution in [0.5, 0.6) is 5.75 Å². The fourth-order valence-corrected chi connectivity index (χ4v) is 2.60. The lowest BCUT2D eigenvalue weighted by molar-refractivity contribution is -0.122. The van der Waals surface area contributed by atoms with E-state index in [2.05, 4.69) is 5.32 Å². The maximum absolute atomic E-state index is 12.4. The summed E-state index contributed by atoms with van der Waals surface area (Å²) in [6.45, 7) is 3.19. The molecule has 0 unspecified atom stereocenters. The molecule has 4 heteroatoms. The van der Waals surface area contributed by atoms with Gasteiger partial charge in [-0.2, -0.15) is 0 Å². The minimum atomic E-state index is -0.674. The van der Waals surface area contributed by atoms with Gasteiger partial charge in [0.2, 0.25) is 0 Å². The number of amides is 1. The molecule has 3 aromatic carbocycles. The third-order valence-electron chi connectivity index (χ3n) is 3.96. The first-order valence-electron chi connectivity index (χ1n) is 8.11. The van der Waals surface area contributed by atoms with Crippen molar-refractivity contribution < 1.29 is 14.3 Å². The van der Waals surface area contributed by atoms with E-state index in [1.54, 1.807) is 31.2 Å². The fourth-order valence-electron chi connectivity index (χ4n) is 2.60. The lowest BCUT2D eigenvalue weighted by Crippen LogP contribution is -2.30. The summed E-state index contributed by atoms with van der Waals surface area (Å²) >= 11 is 0. The van der Waals surface area contributed by atoms with Crippen LogP contribution in [-0.2, 0) is 4.79 Å². The van der Waals surface area contributed by atoms with Crippen LogP contribution in [0, 0.1) is 0 Å². The number of hydrogen-bond donors (Lipinski definition) is 1. The molecule has 3 rings (SSSR count). The molecule has 1 atom stereocenters. The highest BCUT2D eigenvalue weighted by molar-refractivity contribution is 5.98. The van der Waals surface area contributed by atoms with Crippen LogP contribution in [0.4, 0.5) is 5.69 Å². The van der Waals surface area contributed by atoms with Gasteiger partial charge in [-0.25, -0.2) is 0 Å². The first kappa shape index (κ1) is 16.7. The van der Waals surface area contributed by atoms with E-state index in [1.807, 2.05) is 42.5 Å². The van der Waals surface area contributed by atoms with Crippen molar-refractivity contribution in [2.45, 2.75) is 20.0 Å². The molecule has 1 amide bonds. The van der Waals surface area contributed by atoms with Gasteiger partial charge in [0.25, 0.3) is 5.91 Å². The predicted molar refractivity (Wildman–Crippen MR) is 99.1 cm³/mol. The lowest BCUT2D eigenvalue weighted by Gasteiger charge is -2.16. The molecule has 3 aromatic rings. The molecule has 0 bridgehead atoms. The number of anilines is 1. The van der Waals surface area contributed by atoms with Gasteiger partial charge in [-0.05, 0) is 37.4 Å². The number of ether oxygens (including phenoxy) is 1. The molecule has 0 aromatic heterocycles. The van der Waals surface area contributed by atoms with Gasteiger partial charge in [-0.15, -0.1) is 0 Å². The van der Waals surface area contributed by atoms with E-state index in [4.69, 9.17) is 4.74 Å². The van der Waals surface area contributed by atoms with Gasteiger partial charge in [-0.1, -0.05) is 48.5 Å². The standard InChI is InChI=1S/C21H19NO3/c1-14(23)17-9-5-10-18(13-17)22-21(24)15(2)25-20-12-6-8-16-7-3-4-11-19(16)20/h3-13,15H,1-2H3,(H,22,24)/t15-/m0/s1. The number of nitrogens with one attached hydrogen (secondary N) is 1. The summed E-state index contributed by atoms with van der Waals surface area (Å²) in [5.74, 6) is 0.350. The monoisotopic (exact) mass is 333 g/mol. The van der Waals surface area contributed by atoms with E-state index in [0.717, 1.165) is 10.8 Å². The Morgan fingerprint density at radius 1 is 0.960 bits per heavy atom. The van der Waals surface area contributed by atoms with Crippen LogP contribution in [0.1, 0.15) is 24.2 Å². The van der Waals surface area contributed by atoms with Gasteiger partial charge in [0.15, 0.2) is 11.9 Å². The number of ketones is 1. The van der Waals surface area contributed by atoms with Crippen LogP contribution in [0.25, 0.3) is 10.8 Å². The Labute approximate surface area is 146 Å². The van der Waals surface area contributed by atoms with E-state index in [-0.39, 0.29) is 11.7 Å². The number of carbonyl (C=O) groups is 2. The van der Waals surface area contributed by atoms with Gasteiger partial charge in [-0.3, -0.25) is 9.59 Å². The molecule has 4 nitrogen and oxygen atoms in total. The van der Waals surface area contributed by atoms with Gasteiger partial charge >= 0.3 is 0 Å². The number of fused-ring (bicyclic) bond motifs is 1. The molecule has 0 heterocycles. The Morgan fingerprint density at radius 2 is 1.68 bits per heavy atom. The smallest absolute Gasteiger partial charge is 0.265 e. The Morgan fingerprint density at radius 3 is 2.48 bits per heavy atom. The molecular formula is C21H19NO3. The summed E-state index contributed by atoms with van der Waals surface area (Å²) in [6.07, 6.45) is -0.674. The Hall–Kier alpha value is -3.14. The van der Waals surface area contributed by atoms with Crippen molar-refractivity contribution in [3.63, 3.8) is 0 Å². The molecule has 0 radical (unpaired) electrons. The SMILES string of the molecule is CC(=O)c1cccc(NC(=O)[C@H](C)Oc2cccc3ccccc23)c1. The Balaban J connectivity index is 1.74. The fraction of sp³-hybridized carbons (Fsp3) is 0.143. The Kier molecular flexibility index (Phi) is 4.80. The molecule has 0 aliphatic carbocycles. The quantitative estimate of drug-likeness (QED) is 0.702. The van der Waals surface area contributed by atoms with Gasteiger partial charge in [0.1, 0.15) is 5.75 Å². The minimum absolute atomic E-state index is 0.0452. The number of Topliss-reactive ketones (excluding diaryl/α,β-unsaturated/α-hetero) is 1. The number of benzene rings is 3. The zero-order valence-corrected chi connectivity index (χ0v) is 14.2. The highest BCUT2D eigenvalue weighted by atomic mass is 16.5. The van der Waals surface area contributed by atoms with E-state index in [1.165, 1.54) is 6.92 Å². The van der Waals surface area contributed by atoms with Crippen molar-refractivity contribution in [3.05, 3.63) is 72.3 Å². The topological polar surface area (TPSA) is 55.4 Å². The van der Waals surface area contributed by atoms with E-state index < -0.39 is 6.10 Å². The second-order valence-electron chi connectivity index (χ2n) is 5.86. The first-order valence-corrected chi connectivity index (χ1v) is 8.11.